The van der Waals surface area contributed by atoms with E-state index in [-0.39, 0.29) is 0 Å². The zero-order valence-corrected chi connectivity index (χ0v) is 16.2. The summed E-state index contributed by atoms with van der Waals surface area (Å²) in [4.78, 5) is 9.12. The summed E-state index contributed by atoms with van der Waals surface area (Å²) >= 11 is 0. The number of furan rings is 1. The van der Waals surface area contributed by atoms with Gasteiger partial charge in [0.1, 0.15) is 11.4 Å². The highest BCUT2D eigenvalue weighted by Crippen LogP contribution is 2.38. The molecular formula is C24H21N3O. The minimum Gasteiger partial charge on any atom is -0.437 e. The lowest BCUT2D eigenvalue weighted by atomic mass is 10.00. The largest absolute Gasteiger partial charge is 0.437 e. The lowest BCUT2D eigenvalue weighted by molar-refractivity contribution is 0.654. The van der Waals surface area contributed by atoms with Crippen molar-refractivity contribution in [1.82, 2.24) is 14.5 Å². The summed E-state index contributed by atoms with van der Waals surface area (Å²) in [5.41, 5.74) is 6.07. The van der Waals surface area contributed by atoms with Crippen molar-refractivity contribution in [3.63, 3.8) is 0 Å². The van der Waals surface area contributed by atoms with Crippen molar-refractivity contribution in [1.29, 1.82) is 0 Å². The van der Waals surface area contributed by atoms with E-state index in [4.69, 9.17) is 9.40 Å². The average Bonchev–Trinajstić information content (AvgIpc) is 3.32. The summed E-state index contributed by atoms with van der Waals surface area (Å²) in [6.45, 7) is 6.53. The van der Waals surface area contributed by atoms with Gasteiger partial charge in [0.15, 0.2) is 0 Å². The van der Waals surface area contributed by atoms with Crippen LogP contribution in [0.15, 0.2) is 71.5 Å². The Kier molecular flexibility index (Phi) is 3.79. The minimum absolute atomic E-state index is 0.416. The van der Waals surface area contributed by atoms with E-state index in [1.54, 1.807) is 6.20 Å². The number of fused-ring (bicyclic) bond motifs is 3. The summed E-state index contributed by atoms with van der Waals surface area (Å²) in [6, 6.07) is 16.7. The Morgan fingerprint density at radius 1 is 0.893 bits per heavy atom. The van der Waals surface area contributed by atoms with Crippen LogP contribution < -0.4 is 0 Å². The van der Waals surface area contributed by atoms with Crippen molar-refractivity contribution < 1.29 is 4.42 Å². The lowest BCUT2D eigenvalue weighted by Gasteiger charge is -2.16. The standard InChI is InChI=1S/C24H21N3O/c1-15(2)17-7-4-5-9-20(17)27-14-13-25-23(27)21-16(3)10-11-18-19-8-6-12-26-24(19)28-22(18)21/h4-15H,1-3H3. The molecule has 4 heteroatoms. The highest BCUT2D eigenvalue weighted by atomic mass is 16.3. The first kappa shape index (κ1) is 16.8. The fourth-order valence-corrected chi connectivity index (χ4v) is 3.93. The van der Waals surface area contributed by atoms with E-state index >= 15 is 0 Å². The Morgan fingerprint density at radius 2 is 1.75 bits per heavy atom. The molecule has 0 aliphatic carbocycles. The summed E-state index contributed by atoms with van der Waals surface area (Å²) in [6.07, 6.45) is 5.64. The Hall–Kier alpha value is -3.40. The first-order chi connectivity index (χ1) is 13.6. The SMILES string of the molecule is Cc1ccc2c(oc3ncccc32)c1-c1nccn1-c1ccccc1C(C)C. The molecule has 28 heavy (non-hydrogen) atoms. The second kappa shape index (κ2) is 6.34. The Morgan fingerprint density at radius 3 is 2.61 bits per heavy atom. The first-order valence-electron chi connectivity index (χ1n) is 9.55. The van der Waals surface area contributed by atoms with Gasteiger partial charge in [-0.25, -0.2) is 9.97 Å². The smallest absolute Gasteiger partial charge is 0.227 e. The van der Waals surface area contributed by atoms with Crippen molar-refractivity contribution >= 4 is 22.1 Å². The predicted octanol–water partition coefficient (Wildman–Crippen LogP) is 6.27. The van der Waals surface area contributed by atoms with Crippen LogP contribution in [-0.4, -0.2) is 14.5 Å². The van der Waals surface area contributed by atoms with Gasteiger partial charge in [0.25, 0.3) is 0 Å². The summed E-state index contributed by atoms with van der Waals surface area (Å²) in [5, 5.41) is 2.09. The van der Waals surface area contributed by atoms with Crippen LogP contribution in [0.1, 0.15) is 30.9 Å². The van der Waals surface area contributed by atoms with Gasteiger partial charge < -0.3 is 4.42 Å². The van der Waals surface area contributed by atoms with Gasteiger partial charge in [0.2, 0.25) is 5.71 Å². The monoisotopic (exact) mass is 367 g/mol. The molecule has 4 nitrogen and oxygen atoms in total. The summed E-state index contributed by atoms with van der Waals surface area (Å²) in [5.74, 6) is 1.30. The molecule has 0 N–H and O–H groups in total. The van der Waals surface area contributed by atoms with Crippen LogP contribution in [0, 0.1) is 6.92 Å². The van der Waals surface area contributed by atoms with Gasteiger partial charge in [-0.15, -0.1) is 0 Å². The molecular weight excluding hydrogens is 346 g/mol. The van der Waals surface area contributed by atoms with E-state index in [0.29, 0.717) is 11.6 Å². The molecule has 0 amide bonds. The normalized spacial score (nSPS) is 11.7. The van der Waals surface area contributed by atoms with E-state index in [1.165, 1.54) is 5.56 Å². The van der Waals surface area contributed by atoms with Gasteiger partial charge in [0.05, 0.1) is 11.3 Å². The molecule has 2 aromatic carbocycles. The molecule has 138 valence electrons. The number of aryl methyl sites for hydroxylation is 1. The second-order valence-electron chi connectivity index (χ2n) is 7.43. The van der Waals surface area contributed by atoms with Crippen molar-refractivity contribution in [2.24, 2.45) is 0 Å². The topological polar surface area (TPSA) is 43.9 Å². The number of rotatable bonds is 3. The van der Waals surface area contributed by atoms with Crippen molar-refractivity contribution in [3.8, 4) is 17.1 Å². The number of hydrogen-bond donors (Lipinski definition) is 0. The van der Waals surface area contributed by atoms with Crippen LogP contribution in [-0.2, 0) is 0 Å². The molecule has 0 saturated carbocycles. The molecule has 0 aliphatic rings. The second-order valence-corrected chi connectivity index (χ2v) is 7.43. The zero-order chi connectivity index (χ0) is 19.3. The van der Waals surface area contributed by atoms with Crippen molar-refractivity contribution in [3.05, 3.63) is 78.2 Å². The van der Waals surface area contributed by atoms with Crippen LogP contribution >= 0.6 is 0 Å². The number of pyridine rings is 1. The van der Waals surface area contributed by atoms with Crippen LogP contribution in [0.5, 0.6) is 0 Å². The quantitative estimate of drug-likeness (QED) is 0.378. The van der Waals surface area contributed by atoms with E-state index in [1.807, 2.05) is 24.5 Å². The van der Waals surface area contributed by atoms with Gasteiger partial charge in [-0.1, -0.05) is 44.2 Å². The average molecular weight is 367 g/mol. The molecule has 0 unspecified atom stereocenters. The molecule has 0 saturated heterocycles. The third-order valence-electron chi connectivity index (χ3n) is 5.31. The van der Waals surface area contributed by atoms with Crippen LogP contribution in [0.3, 0.4) is 0 Å². The van der Waals surface area contributed by atoms with Gasteiger partial charge >= 0.3 is 0 Å². The maximum absolute atomic E-state index is 6.19. The van der Waals surface area contributed by atoms with Gasteiger partial charge in [-0.3, -0.25) is 4.57 Å². The van der Waals surface area contributed by atoms with Crippen LogP contribution in [0.25, 0.3) is 39.1 Å². The Balaban J connectivity index is 1.82. The fourth-order valence-electron chi connectivity index (χ4n) is 3.93. The third kappa shape index (κ3) is 2.45. The Labute approximate surface area is 163 Å². The summed E-state index contributed by atoms with van der Waals surface area (Å²) < 4.78 is 8.36. The molecule has 0 bridgehead atoms. The van der Waals surface area contributed by atoms with Gasteiger partial charge in [0, 0.05) is 29.4 Å². The molecule has 0 fully saturated rings. The number of benzene rings is 2. The van der Waals surface area contributed by atoms with Gasteiger partial charge in [-0.05, 0) is 42.2 Å². The maximum atomic E-state index is 6.19. The maximum Gasteiger partial charge on any atom is 0.227 e. The minimum atomic E-state index is 0.416. The number of imidazole rings is 1. The Bertz CT molecular complexity index is 1310. The van der Waals surface area contributed by atoms with Crippen LogP contribution in [0.2, 0.25) is 0 Å². The number of para-hydroxylation sites is 1. The summed E-state index contributed by atoms with van der Waals surface area (Å²) in [7, 11) is 0. The highest BCUT2D eigenvalue weighted by Gasteiger charge is 2.20. The molecule has 5 aromatic rings. The van der Waals surface area contributed by atoms with E-state index in [2.05, 4.69) is 66.7 Å². The number of nitrogens with zero attached hydrogens (tertiary/aromatic N) is 3. The van der Waals surface area contributed by atoms with E-state index in [9.17, 15) is 0 Å². The number of aromatic nitrogens is 3. The molecule has 0 radical (unpaired) electrons. The molecule has 0 atom stereocenters. The molecule has 5 rings (SSSR count). The van der Waals surface area contributed by atoms with Gasteiger partial charge in [-0.2, -0.15) is 0 Å². The molecule has 3 heterocycles. The highest BCUT2D eigenvalue weighted by molar-refractivity contribution is 6.08. The zero-order valence-electron chi connectivity index (χ0n) is 16.2. The lowest BCUT2D eigenvalue weighted by Crippen LogP contribution is -2.03. The molecule has 3 aromatic heterocycles. The first-order valence-corrected chi connectivity index (χ1v) is 9.55. The van der Waals surface area contributed by atoms with E-state index < -0.39 is 0 Å². The van der Waals surface area contributed by atoms with Crippen molar-refractivity contribution in [2.45, 2.75) is 26.7 Å². The molecule has 0 spiro atoms. The van der Waals surface area contributed by atoms with E-state index in [0.717, 1.165) is 39.0 Å². The van der Waals surface area contributed by atoms with Crippen LogP contribution in [0.4, 0.5) is 0 Å². The number of hydrogen-bond acceptors (Lipinski definition) is 3. The fraction of sp³-hybridized carbons (Fsp3) is 0.167. The van der Waals surface area contributed by atoms with Crippen molar-refractivity contribution in [2.75, 3.05) is 0 Å². The molecule has 0 aliphatic heterocycles. The third-order valence-corrected chi connectivity index (χ3v) is 5.31. The predicted molar refractivity (Wildman–Crippen MR) is 113 cm³/mol.